The SMILES string of the molecule is CCN1C(=O)CCc2ccc(OCCCCN3CCN(c4cccc(Cl)c4Cl)CC3)cc21. The van der Waals surface area contributed by atoms with Crippen LogP contribution in [-0.4, -0.2) is 56.7 Å². The van der Waals surface area contributed by atoms with Crippen LogP contribution in [0.15, 0.2) is 36.4 Å². The van der Waals surface area contributed by atoms with E-state index in [1.54, 1.807) is 0 Å². The molecule has 0 N–H and O–H groups in total. The first-order valence-corrected chi connectivity index (χ1v) is 12.3. The molecule has 32 heavy (non-hydrogen) atoms. The summed E-state index contributed by atoms with van der Waals surface area (Å²) in [4.78, 5) is 18.8. The van der Waals surface area contributed by atoms with Crippen molar-refractivity contribution in [2.45, 2.75) is 32.6 Å². The molecule has 0 aliphatic carbocycles. The highest BCUT2D eigenvalue weighted by Crippen LogP contribution is 2.33. The minimum absolute atomic E-state index is 0.204. The van der Waals surface area contributed by atoms with Gasteiger partial charge in [-0.15, -0.1) is 0 Å². The Morgan fingerprint density at radius 2 is 1.78 bits per heavy atom. The van der Waals surface area contributed by atoms with Crippen LogP contribution in [0.2, 0.25) is 10.0 Å². The second-order valence-corrected chi connectivity index (χ2v) is 9.17. The lowest BCUT2D eigenvalue weighted by molar-refractivity contribution is -0.118. The van der Waals surface area contributed by atoms with E-state index in [0.29, 0.717) is 29.6 Å². The summed E-state index contributed by atoms with van der Waals surface area (Å²) in [6.45, 7) is 8.44. The Labute approximate surface area is 200 Å². The van der Waals surface area contributed by atoms with E-state index < -0.39 is 0 Å². The molecule has 1 amide bonds. The number of piperazine rings is 1. The number of hydrogen-bond acceptors (Lipinski definition) is 4. The van der Waals surface area contributed by atoms with E-state index in [9.17, 15) is 4.79 Å². The third kappa shape index (κ3) is 5.33. The zero-order chi connectivity index (χ0) is 22.5. The Hall–Kier alpha value is -1.95. The fraction of sp³-hybridized carbons (Fsp3) is 0.480. The molecule has 2 aliphatic heterocycles. The van der Waals surface area contributed by atoms with Gasteiger partial charge in [-0.3, -0.25) is 9.69 Å². The summed E-state index contributed by atoms with van der Waals surface area (Å²) in [6, 6.07) is 12.0. The summed E-state index contributed by atoms with van der Waals surface area (Å²) in [5.41, 5.74) is 3.27. The first-order valence-electron chi connectivity index (χ1n) is 11.5. The van der Waals surface area contributed by atoms with E-state index >= 15 is 0 Å². The predicted molar refractivity (Wildman–Crippen MR) is 133 cm³/mol. The molecule has 0 aromatic heterocycles. The Bertz CT molecular complexity index is 945. The summed E-state index contributed by atoms with van der Waals surface area (Å²) >= 11 is 12.5. The number of nitrogens with zero attached hydrogens (tertiary/aromatic N) is 3. The van der Waals surface area contributed by atoms with Gasteiger partial charge in [0.2, 0.25) is 5.91 Å². The van der Waals surface area contributed by atoms with Crippen molar-refractivity contribution >= 4 is 40.5 Å². The Morgan fingerprint density at radius 1 is 0.969 bits per heavy atom. The first kappa shape index (κ1) is 23.2. The van der Waals surface area contributed by atoms with E-state index in [1.165, 1.54) is 5.56 Å². The van der Waals surface area contributed by atoms with Gasteiger partial charge in [0.25, 0.3) is 0 Å². The second kappa shape index (κ2) is 10.8. The van der Waals surface area contributed by atoms with Gasteiger partial charge >= 0.3 is 0 Å². The molecular weight excluding hydrogens is 445 g/mol. The Balaban J connectivity index is 1.18. The van der Waals surface area contributed by atoms with Gasteiger partial charge in [-0.25, -0.2) is 0 Å². The van der Waals surface area contributed by atoms with Crippen LogP contribution < -0.4 is 14.5 Å². The van der Waals surface area contributed by atoms with Gasteiger partial charge in [-0.1, -0.05) is 35.3 Å². The molecule has 2 aromatic rings. The fourth-order valence-electron chi connectivity index (χ4n) is 4.53. The molecule has 5 nitrogen and oxygen atoms in total. The fourth-order valence-corrected chi connectivity index (χ4v) is 4.95. The van der Waals surface area contributed by atoms with Crippen LogP contribution in [0, 0.1) is 0 Å². The summed E-state index contributed by atoms with van der Waals surface area (Å²) in [5, 5.41) is 1.26. The Kier molecular flexibility index (Phi) is 7.82. The molecule has 2 heterocycles. The minimum Gasteiger partial charge on any atom is -0.494 e. The maximum absolute atomic E-state index is 12.1. The number of aryl methyl sites for hydroxylation is 1. The summed E-state index contributed by atoms with van der Waals surface area (Å²) in [5.74, 6) is 1.05. The van der Waals surface area contributed by atoms with Crippen LogP contribution >= 0.6 is 23.2 Å². The van der Waals surface area contributed by atoms with Gasteiger partial charge in [0, 0.05) is 45.2 Å². The molecule has 0 atom stereocenters. The van der Waals surface area contributed by atoms with Gasteiger partial charge in [0.1, 0.15) is 5.75 Å². The number of carbonyl (C=O) groups excluding carboxylic acids is 1. The second-order valence-electron chi connectivity index (χ2n) is 8.39. The molecule has 2 aliphatic rings. The van der Waals surface area contributed by atoms with Crippen LogP contribution in [0.4, 0.5) is 11.4 Å². The summed E-state index contributed by atoms with van der Waals surface area (Å²) in [6.07, 6.45) is 3.53. The standard InChI is InChI=1S/C25H31Cl2N3O2/c1-2-30-23-18-20(10-8-19(23)9-11-24(30)31)32-17-4-3-12-28-13-15-29(16-14-28)22-7-5-6-21(26)25(22)27/h5-8,10,18H,2-4,9,11-17H2,1H3. The van der Waals surface area contributed by atoms with Gasteiger partial charge in [0.05, 0.1) is 28.0 Å². The average Bonchev–Trinajstić information content (AvgIpc) is 2.81. The van der Waals surface area contributed by atoms with Crippen LogP contribution in [0.5, 0.6) is 5.75 Å². The highest BCUT2D eigenvalue weighted by molar-refractivity contribution is 6.43. The van der Waals surface area contributed by atoms with Gasteiger partial charge in [-0.05, 0) is 56.5 Å². The largest absolute Gasteiger partial charge is 0.494 e. The van der Waals surface area contributed by atoms with Crippen molar-refractivity contribution in [3.8, 4) is 5.75 Å². The molecule has 0 radical (unpaired) electrons. The van der Waals surface area contributed by atoms with Crippen LogP contribution in [-0.2, 0) is 11.2 Å². The number of hydrogen-bond donors (Lipinski definition) is 0. The lowest BCUT2D eigenvalue weighted by Gasteiger charge is -2.36. The smallest absolute Gasteiger partial charge is 0.227 e. The molecule has 0 saturated carbocycles. The van der Waals surface area contributed by atoms with Crippen molar-refractivity contribution in [1.29, 1.82) is 0 Å². The van der Waals surface area contributed by atoms with Crippen molar-refractivity contribution in [2.24, 2.45) is 0 Å². The third-order valence-electron chi connectivity index (χ3n) is 6.35. The highest BCUT2D eigenvalue weighted by atomic mass is 35.5. The van der Waals surface area contributed by atoms with Gasteiger partial charge < -0.3 is 14.5 Å². The van der Waals surface area contributed by atoms with Crippen LogP contribution in [0.25, 0.3) is 0 Å². The normalized spacial score (nSPS) is 16.9. The number of carbonyl (C=O) groups is 1. The lowest BCUT2D eigenvalue weighted by atomic mass is 10.0. The van der Waals surface area contributed by atoms with E-state index in [1.807, 2.05) is 42.2 Å². The monoisotopic (exact) mass is 475 g/mol. The topological polar surface area (TPSA) is 36.0 Å². The number of fused-ring (bicyclic) bond motifs is 1. The zero-order valence-corrected chi connectivity index (χ0v) is 20.2. The zero-order valence-electron chi connectivity index (χ0n) is 18.7. The Morgan fingerprint density at radius 3 is 2.56 bits per heavy atom. The molecular formula is C25H31Cl2N3O2. The number of rotatable bonds is 8. The quantitative estimate of drug-likeness (QED) is 0.486. The molecule has 0 bridgehead atoms. The molecule has 1 saturated heterocycles. The van der Waals surface area contributed by atoms with Crippen molar-refractivity contribution in [3.05, 3.63) is 52.0 Å². The molecule has 4 rings (SSSR count). The number of halogens is 2. The number of benzene rings is 2. The molecule has 7 heteroatoms. The third-order valence-corrected chi connectivity index (χ3v) is 7.16. The molecule has 0 spiro atoms. The van der Waals surface area contributed by atoms with Crippen LogP contribution in [0.3, 0.4) is 0 Å². The van der Waals surface area contributed by atoms with Crippen molar-refractivity contribution in [1.82, 2.24) is 4.90 Å². The van der Waals surface area contributed by atoms with E-state index in [4.69, 9.17) is 27.9 Å². The summed E-state index contributed by atoms with van der Waals surface area (Å²) in [7, 11) is 0. The van der Waals surface area contributed by atoms with Crippen molar-refractivity contribution in [2.75, 3.05) is 55.7 Å². The molecule has 1 fully saturated rings. The van der Waals surface area contributed by atoms with Crippen molar-refractivity contribution in [3.63, 3.8) is 0 Å². The molecule has 0 unspecified atom stereocenters. The number of unbranched alkanes of at least 4 members (excludes halogenated alkanes) is 1. The van der Waals surface area contributed by atoms with Gasteiger partial charge in [0.15, 0.2) is 0 Å². The number of amides is 1. The lowest BCUT2D eigenvalue weighted by Crippen LogP contribution is -2.46. The van der Waals surface area contributed by atoms with E-state index in [2.05, 4.69) is 15.9 Å². The number of ether oxygens (including phenoxy) is 1. The predicted octanol–water partition coefficient (Wildman–Crippen LogP) is 5.27. The highest BCUT2D eigenvalue weighted by Gasteiger charge is 2.23. The van der Waals surface area contributed by atoms with Gasteiger partial charge in [-0.2, -0.15) is 0 Å². The first-order chi connectivity index (χ1) is 15.6. The maximum Gasteiger partial charge on any atom is 0.227 e. The molecule has 172 valence electrons. The summed E-state index contributed by atoms with van der Waals surface area (Å²) < 4.78 is 6.00. The van der Waals surface area contributed by atoms with Crippen LogP contribution in [0.1, 0.15) is 31.7 Å². The van der Waals surface area contributed by atoms with E-state index in [-0.39, 0.29) is 5.91 Å². The minimum atomic E-state index is 0.204. The van der Waals surface area contributed by atoms with E-state index in [0.717, 1.165) is 69.1 Å². The van der Waals surface area contributed by atoms with Crippen molar-refractivity contribution < 1.29 is 9.53 Å². The molecule has 2 aromatic carbocycles. The average molecular weight is 476 g/mol. The maximum atomic E-state index is 12.1. The number of anilines is 2.